The molecule has 0 fully saturated rings. The number of esters is 1. The average Bonchev–Trinajstić information content (AvgIpc) is 2.92. The van der Waals surface area contributed by atoms with Crippen LogP contribution < -0.4 is 14.9 Å². The predicted octanol–water partition coefficient (Wildman–Crippen LogP) is 7.85. The topological polar surface area (TPSA) is 77.0 Å². The van der Waals surface area contributed by atoms with Gasteiger partial charge in [0.1, 0.15) is 0 Å². The van der Waals surface area contributed by atoms with Crippen LogP contribution in [0.5, 0.6) is 11.5 Å². The molecule has 0 saturated heterocycles. The number of rotatable bonds is 19. The van der Waals surface area contributed by atoms with Crippen LogP contribution >= 0.6 is 0 Å². The van der Waals surface area contributed by atoms with Crippen LogP contribution in [0, 0.1) is 0 Å². The molecule has 0 spiro atoms. The third-order valence-electron chi connectivity index (χ3n) is 6.31. The Bertz CT molecular complexity index is 943. The van der Waals surface area contributed by atoms with Crippen molar-refractivity contribution in [3.8, 4) is 11.5 Å². The molecule has 0 unspecified atom stereocenters. The largest absolute Gasteiger partial charge is 0.493 e. The molecule has 0 aliphatic carbocycles. The van der Waals surface area contributed by atoms with E-state index < -0.39 is 5.97 Å². The zero-order valence-corrected chi connectivity index (χ0v) is 22.7. The van der Waals surface area contributed by atoms with Crippen molar-refractivity contribution in [2.75, 3.05) is 7.11 Å². The molecular formula is C31H44N2O4. The maximum absolute atomic E-state index is 12.3. The van der Waals surface area contributed by atoms with Crippen LogP contribution in [0.15, 0.2) is 53.6 Å². The zero-order valence-electron chi connectivity index (χ0n) is 22.7. The Morgan fingerprint density at radius 3 is 1.97 bits per heavy atom. The van der Waals surface area contributed by atoms with Crippen molar-refractivity contribution in [3.05, 3.63) is 59.7 Å². The summed E-state index contributed by atoms with van der Waals surface area (Å²) in [5.74, 6) is 0.187. The van der Waals surface area contributed by atoms with E-state index in [0.29, 0.717) is 23.5 Å². The number of hydrogen-bond acceptors (Lipinski definition) is 5. The predicted molar refractivity (Wildman–Crippen MR) is 150 cm³/mol. The van der Waals surface area contributed by atoms with Gasteiger partial charge in [-0.3, -0.25) is 4.79 Å². The van der Waals surface area contributed by atoms with E-state index in [2.05, 4.69) is 17.5 Å². The first-order valence-corrected chi connectivity index (χ1v) is 13.9. The van der Waals surface area contributed by atoms with Gasteiger partial charge in [0, 0.05) is 6.42 Å². The molecule has 0 saturated carbocycles. The minimum atomic E-state index is -0.458. The number of benzene rings is 2. The molecule has 2 aromatic carbocycles. The van der Waals surface area contributed by atoms with Crippen LogP contribution in [-0.4, -0.2) is 25.2 Å². The summed E-state index contributed by atoms with van der Waals surface area (Å²) in [7, 11) is 1.51. The number of nitrogens with zero attached hydrogens (tertiary/aromatic N) is 1. The van der Waals surface area contributed by atoms with Crippen LogP contribution in [0.3, 0.4) is 0 Å². The van der Waals surface area contributed by atoms with Gasteiger partial charge >= 0.3 is 5.97 Å². The van der Waals surface area contributed by atoms with Crippen LogP contribution in [0.2, 0.25) is 0 Å². The van der Waals surface area contributed by atoms with Crippen molar-refractivity contribution in [2.45, 2.75) is 96.8 Å². The van der Waals surface area contributed by atoms with Crippen LogP contribution in [0.4, 0.5) is 0 Å². The highest BCUT2D eigenvalue weighted by Crippen LogP contribution is 2.28. The first-order chi connectivity index (χ1) is 18.1. The van der Waals surface area contributed by atoms with Gasteiger partial charge in [-0.15, -0.1) is 0 Å². The molecule has 1 amide bonds. The maximum atomic E-state index is 12.3. The third-order valence-corrected chi connectivity index (χ3v) is 6.31. The number of nitrogens with one attached hydrogen (secondary N) is 1. The van der Waals surface area contributed by atoms with Crippen molar-refractivity contribution in [1.82, 2.24) is 5.43 Å². The highest BCUT2D eigenvalue weighted by atomic mass is 16.6. The van der Waals surface area contributed by atoms with Gasteiger partial charge in [0.2, 0.25) is 5.91 Å². The van der Waals surface area contributed by atoms with Gasteiger partial charge < -0.3 is 9.47 Å². The number of carbonyl (C=O) groups is 2. The summed E-state index contributed by atoms with van der Waals surface area (Å²) < 4.78 is 10.8. The molecule has 2 rings (SSSR count). The molecule has 0 radical (unpaired) electrons. The highest BCUT2D eigenvalue weighted by Gasteiger charge is 2.12. The number of hydrogen-bond donors (Lipinski definition) is 1. The van der Waals surface area contributed by atoms with Gasteiger partial charge in [0.25, 0.3) is 0 Å². The van der Waals surface area contributed by atoms with E-state index in [1.54, 1.807) is 48.7 Å². The number of methoxy groups -OCH3 is 1. The van der Waals surface area contributed by atoms with Gasteiger partial charge in [-0.2, -0.15) is 5.10 Å². The molecule has 0 bridgehead atoms. The molecule has 6 heteroatoms. The van der Waals surface area contributed by atoms with E-state index in [0.717, 1.165) is 18.4 Å². The third kappa shape index (κ3) is 13.1. The van der Waals surface area contributed by atoms with Gasteiger partial charge in [0.15, 0.2) is 11.5 Å². The zero-order chi connectivity index (χ0) is 26.6. The van der Waals surface area contributed by atoms with E-state index in [-0.39, 0.29) is 5.91 Å². The summed E-state index contributed by atoms with van der Waals surface area (Å²) in [6.07, 6.45) is 18.7. The lowest BCUT2D eigenvalue weighted by molar-refractivity contribution is -0.121. The van der Waals surface area contributed by atoms with Crippen molar-refractivity contribution < 1.29 is 19.1 Å². The fourth-order valence-corrected chi connectivity index (χ4v) is 4.12. The van der Waals surface area contributed by atoms with Crippen molar-refractivity contribution in [3.63, 3.8) is 0 Å². The van der Waals surface area contributed by atoms with E-state index in [1.165, 1.54) is 77.7 Å². The Morgan fingerprint density at radius 2 is 1.38 bits per heavy atom. The molecule has 0 aliphatic rings. The van der Waals surface area contributed by atoms with Crippen LogP contribution in [0.1, 0.15) is 113 Å². The Morgan fingerprint density at radius 1 is 0.784 bits per heavy atom. The van der Waals surface area contributed by atoms with Gasteiger partial charge in [0.05, 0.1) is 18.9 Å². The lowest BCUT2D eigenvalue weighted by Gasteiger charge is -2.10. The van der Waals surface area contributed by atoms with Crippen molar-refractivity contribution in [2.24, 2.45) is 5.10 Å². The first-order valence-electron chi connectivity index (χ1n) is 13.9. The van der Waals surface area contributed by atoms with E-state index >= 15 is 0 Å². The molecule has 0 heterocycles. The number of amides is 1. The molecular weight excluding hydrogens is 464 g/mol. The smallest absolute Gasteiger partial charge is 0.343 e. The van der Waals surface area contributed by atoms with Crippen LogP contribution in [0.25, 0.3) is 0 Å². The Labute approximate surface area is 222 Å². The summed E-state index contributed by atoms with van der Waals surface area (Å²) in [4.78, 5) is 24.4. The number of hydrazone groups is 1. The highest BCUT2D eigenvalue weighted by molar-refractivity contribution is 5.91. The fraction of sp³-hybridized carbons (Fsp3) is 0.516. The second-order valence-corrected chi connectivity index (χ2v) is 9.45. The Kier molecular flexibility index (Phi) is 15.5. The SMILES string of the molecule is CCCCCCCCCCCCCCCC(=O)NN=Cc1ccc(OC(=O)c2ccccc2)c(OC)c1. The minimum absolute atomic E-state index is 0.0836. The Balaban J connectivity index is 1.58. The molecule has 6 nitrogen and oxygen atoms in total. The second-order valence-electron chi connectivity index (χ2n) is 9.45. The van der Waals surface area contributed by atoms with E-state index in [4.69, 9.17) is 9.47 Å². The van der Waals surface area contributed by atoms with Crippen molar-refractivity contribution >= 4 is 18.1 Å². The standard InChI is InChI=1S/C31H44N2O4/c1-3-4-5-6-7-8-9-10-11-12-13-14-18-21-30(34)33-32-25-26-22-23-28(29(24-26)36-2)37-31(35)27-19-16-15-17-20-27/h15-17,19-20,22-25H,3-14,18,21H2,1-2H3,(H,33,34). The Hall–Kier alpha value is -3.15. The molecule has 0 aromatic heterocycles. The first kappa shape index (κ1) is 30.1. The maximum Gasteiger partial charge on any atom is 0.343 e. The monoisotopic (exact) mass is 508 g/mol. The normalized spacial score (nSPS) is 11.0. The van der Waals surface area contributed by atoms with Gasteiger partial charge in [-0.1, -0.05) is 102 Å². The molecule has 0 atom stereocenters. The lowest BCUT2D eigenvalue weighted by atomic mass is 10.0. The number of ether oxygens (including phenoxy) is 2. The van der Waals surface area contributed by atoms with Gasteiger partial charge in [-0.25, -0.2) is 10.2 Å². The molecule has 2 aromatic rings. The van der Waals surface area contributed by atoms with E-state index in [1.807, 2.05) is 6.07 Å². The minimum Gasteiger partial charge on any atom is -0.493 e. The number of unbranched alkanes of at least 4 members (excludes halogenated alkanes) is 12. The lowest BCUT2D eigenvalue weighted by Crippen LogP contribution is -2.16. The summed E-state index contributed by atoms with van der Waals surface area (Å²) >= 11 is 0. The molecule has 202 valence electrons. The summed E-state index contributed by atoms with van der Waals surface area (Å²) in [6.45, 7) is 2.26. The average molecular weight is 509 g/mol. The van der Waals surface area contributed by atoms with Gasteiger partial charge in [-0.05, 0) is 42.3 Å². The van der Waals surface area contributed by atoms with E-state index in [9.17, 15) is 9.59 Å². The van der Waals surface area contributed by atoms with Crippen molar-refractivity contribution in [1.29, 1.82) is 0 Å². The van der Waals surface area contributed by atoms with Crippen LogP contribution in [-0.2, 0) is 4.79 Å². The second kappa shape index (κ2) is 19.0. The summed E-state index contributed by atoms with van der Waals surface area (Å²) in [5.41, 5.74) is 3.76. The summed E-state index contributed by atoms with van der Waals surface area (Å²) in [6, 6.07) is 13.9. The summed E-state index contributed by atoms with van der Waals surface area (Å²) in [5, 5.41) is 4.05. The fourth-order valence-electron chi connectivity index (χ4n) is 4.12. The number of carbonyl (C=O) groups excluding carboxylic acids is 2. The molecule has 37 heavy (non-hydrogen) atoms. The molecule has 1 N–H and O–H groups in total. The quantitative estimate of drug-likeness (QED) is 0.0689. The molecule has 0 aliphatic heterocycles.